The number of para-hydroxylation sites is 1. The van der Waals surface area contributed by atoms with E-state index in [1.54, 1.807) is 6.20 Å². The Morgan fingerprint density at radius 3 is 3.04 bits per heavy atom. The van der Waals surface area contributed by atoms with Crippen LogP contribution < -0.4 is 16.0 Å². The summed E-state index contributed by atoms with van der Waals surface area (Å²) in [6, 6.07) is 7.30. The molecule has 0 radical (unpaired) electrons. The SMILES string of the molecule is O=C(NCCN=C1NC=C(CCCCO)CC1F)Nc1nc2ccccc2s1. The minimum atomic E-state index is -1.16. The first kappa shape index (κ1) is 20.2. The average molecular weight is 405 g/mol. The molecule has 2 heterocycles. The van der Waals surface area contributed by atoms with Crippen LogP contribution in [0, 0.1) is 0 Å². The van der Waals surface area contributed by atoms with Gasteiger partial charge < -0.3 is 15.7 Å². The summed E-state index contributed by atoms with van der Waals surface area (Å²) >= 11 is 1.40. The number of anilines is 1. The number of allylic oxidation sites excluding steroid dienone is 1. The highest BCUT2D eigenvalue weighted by Gasteiger charge is 2.20. The number of thiazole rings is 1. The second kappa shape index (κ2) is 10.1. The summed E-state index contributed by atoms with van der Waals surface area (Å²) in [6.07, 6.45) is 3.29. The van der Waals surface area contributed by atoms with Gasteiger partial charge in [-0.05, 0) is 31.4 Å². The summed E-state index contributed by atoms with van der Waals surface area (Å²) in [5.41, 5.74) is 1.84. The van der Waals surface area contributed by atoms with E-state index >= 15 is 0 Å². The van der Waals surface area contributed by atoms with Gasteiger partial charge in [0.05, 0.1) is 16.8 Å². The van der Waals surface area contributed by atoms with Gasteiger partial charge in [0.25, 0.3) is 0 Å². The molecular weight excluding hydrogens is 381 g/mol. The molecule has 28 heavy (non-hydrogen) atoms. The Hall–Kier alpha value is -2.52. The molecule has 0 saturated heterocycles. The Morgan fingerprint density at radius 1 is 1.39 bits per heavy atom. The Morgan fingerprint density at radius 2 is 2.25 bits per heavy atom. The Labute approximate surface area is 166 Å². The second-order valence-electron chi connectivity index (χ2n) is 6.43. The van der Waals surface area contributed by atoms with Gasteiger partial charge >= 0.3 is 6.03 Å². The van der Waals surface area contributed by atoms with Crippen LogP contribution in [0.25, 0.3) is 10.2 Å². The molecule has 1 aromatic heterocycles. The van der Waals surface area contributed by atoms with Crippen LogP contribution in [-0.4, -0.2) is 47.8 Å². The van der Waals surface area contributed by atoms with Crippen molar-refractivity contribution in [1.29, 1.82) is 0 Å². The third-order valence-corrected chi connectivity index (χ3v) is 5.21. The number of hydrogen-bond donors (Lipinski definition) is 4. The van der Waals surface area contributed by atoms with Crippen LogP contribution in [0.1, 0.15) is 25.7 Å². The van der Waals surface area contributed by atoms with Crippen LogP contribution >= 0.6 is 11.3 Å². The van der Waals surface area contributed by atoms with E-state index in [9.17, 15) is 9.18 Å². The van der Waals surface area contributed by atoms with Crippen molar-refractivity contribution < 1.29 is 14.3 Å². The summed E-state index contributed by atoms with van der Waals surface area (Å²) in [5.74, 6) is 0.291. The zero-order valence-corrected chi connectivity index (χ0v) is 16.3. The lowest BCUT2D eigenvalue weighted by Gasteiger charge is -2.20. The lowest BCUT2D eigenvalue weighted by molar-refractivity contribution is 0.252. The largest absolute Gasteiger partial charge is 0.396 e. The van der Waals surface area contributed by atoms with Crippen molar-refractivity contribution in [2.24, 2.45) is 4.99 Å². The van der Waals surface area contributed by atoms with Crippen LogP contribution in [0.15, 0.2) is 41.0 Å². The van der Waals surface area contributed by atoms with E-state index < -0.39 is 6.17 Å². The van der Waals surface area contributed by atoms with Crippen LogP contribution in [0.4, 0.5) is 14.3 Å². The minimum absolute atomic E-state index is 0.159. The smallest absolute Gasteiger partial charge is 0.321 e. The molecular formula is C19H24FN5O2S. The van der Waals surface area contributed by atoms with Crippen molar-refractivity contribution in [3.8, 4) is 0 Å². The number of alkyl halides is 1. The fourth-order valence-corrected chi connectivity index (χ4v) is 3.71. The van der Waals surface area contributed by atoms with Gasteiger partial charge in [0.2, 0.25) is 0 Å². The molecule has 1 unspecified atom stereocenters. The molecule has 2 aromatic rings. The summed E-state index contributed by atoms with van der Waals surface area (Å²) in [7, 11) is 0. The first-order valence-corrected chi connectivity index (χ1v) is 10.1. The number of benzene rings is 1. The van der Waals surface area contributed by atoms with Crippen LogP contribution in [-0.2, 0) is 0 Å². The van der Waals surface area contributed by atoms with E-state index in [4.69, 9.17) is 5.11 Å². The highest BCUT2D eigenvalue weighted by molar-refractivity contribution is 7.22. The van der Waals surface area contributed by atoms with Gasteiger partial charge in [-0.15, -0.1) is 0 Å². The fraction of sp³-hybridized carbons (Fsp3) is 0.421. The van der Waals surface area contributed by atoms with Gasteiger partial charge in [0.15, 0.2) is 11.3 Å². The molecule has 1 aliphatic rings. The predicted octanol–water partition coefficient (Wildman–Crippen LogP) is 3.19. The molecule has 2 amide bonds. The molecule has 9 heteroatoms. The number of halogens is 1. The molecule has 0 saturated carbocycles. The maximum Gasteiger partial charge on any atom is 0.321 e. The quantitative estimate of drug-likeness (QED) is 0.507. The highest BCUT2D eigenvalue weighted by atomic mass is 32.1. The number of amides is 2. The number of aliphatic imine (C=N–C) groups is 1. The van der Waals surface area contributed by atoms with Gasteiger partial charge in [0, 0.05) is 25.8 Å². The van der Waals surface area contributed by atoms with E-state index in [0.717, 1.165) is 35.1 Å². The number of carbonyl (C=O) groups excluding carboxylic acids is 1. The maximum atomic E-state index is 14.2. The number of aliphatic hydroxyl groups is 1. The van der Waals surface area contributed by atoms with Crippen molar-refractivity contribution in [2.75, 3.05) is 25.0 Å². The molecule has 150 valence electrons. The molecule has 0 aliphatic carbocycles. The Kier molecular flexibility index (Phi) is 7.32. The number of fused-ring (bicyclic) bond motifs is 1. The van der Waals surface area contributed by atoms with Gasteiger partial charge in [0.1, 0.15) is 5.84 Å². The number of hydrogen-bond acceptors (Lipinski definition) is 5. The molecule has 1 aliphatic heterocycles. The monoisotopic (exact) mass is 405 g/mol. The lowest BCUT2D eigenvalue weighted by Crippen LogP contribution is -2.35. The molecule has 0 fully saturated rings. The Bertz CT molecular complexity index is 834. The number of urea groups is 1. The zero-order valence-electron chi connectivity index (χ0n) is 15.4. The summed E-state index contributed by atoms with van der Waals surface area (Å²) < 4.78 is 15.2. The van der Waals surface area contributed by atoms with Crippen molar-refractivity contribution >= 4 is 38.6 Å². The lowest BCUT2D eigenvalue weighted by atomic mass is 10.0. The topological polar surface area (TPSA) is 98.6 Å². The van der Waals surface area contributed by atoms with Crippen molar-refractivity contribution in [1.82, 2.24) is 15.6 Å². The third kappa shape index (κ3) is 5.74. The van der Waals surface area contributed by atoms with E-state index in [-0.39, 0.29) is 19.2 Å². The van der Waals surface area contributed by atoms with Crippen molar-refractivity contribution in [2.45, 2.75) is 31.9 Å². The molecule has 1 atom stereocenters. The maximum absolute atomic E-state index is 14.2. The molecule has 4 N–H and O–H groups in total. The number of carbonyl (C=O) groups is 1. The first-order valence-electron chi connectivity index (χ1n) is 9.30. The van der Waals surface area contributed by atoms with Gasteiger partial charge in [-0.3, -0.25) is 10.3 Å². The Balaban J connectivity index is 1.40. The minimum Gasteiger partial charge on any atom is -0.396 e. The molecule has 0 bridgehead atoms. The van der Waals surface area contributed by atoms with Crippen LogP contribution in [0.3, 0.4) is 0 Å². The van der Waals surface area contributed by atoms with E-state index in [2.05, 4.69) is 25.9 Å². The molecule has 3 rings (SSSR count). The van der Waals surface area contributed by atoms with E-state index in [0.29, 0.717) is 23.9 Å². The molecule has 7 nitrogen and oxygen atoms in total. The predicted molar refractivity (Wildman–Crippen MR) is 111 cm³/mol. The van der Waals surface area contributed by atoms with Crippen molar-refractivity contribution in [3.63, 3.8) is 0 Å². The summed E-state index contributed by atoms with van der Waals surface area (Å²) in [5, 5.41) is 17.6. The van der Waals surface area contributed by atoms with Gasteiger partial charge in [-0.25, -0.2) is 14.2 Å². The van der Waals surface area contributed by atoms with Crippen LogP contribution in [0.2, 0.25) is 0 Å². The van der Waals surface area contributed by atoms with E-state index in [1.807, 2.05) is 24.3 Å². The third-order valence-electron chi connectivity index (χ3n) is 4.26. The number of unbranched alkanes of at least 4 members (excludes halogenated alkanes) is 1. The van der Waals surface area contributed by atoms with Crippen LogP contribution in [0.5, 0.6) is 0 Å². The fourth-order valence-electron chi connectivity index (χ4n) is 2.85. The number of nitrogens with one attached hydrogen (secondary N) is 3. The van der Waals surface area contributed by atoms with E-state index in [1.165, 1.54) is 11.3 Å². The number of nitrogens with zero attached hydrogens (tertiary/aromatic N) is 2. The highest BCUT2D eigenvalue weighted by Crippen LogP contribution is 2.25. The zero-order chi connectivity index (χ0) is 19.8. The number of aromatic nitrogens is 1. The average Bonchev–Trinajstić information content (AvgIpc) is 3.09. The molecule has 1 aromatic carbocycles. The summed E-state index contributed by atoms with van der Waals surface area (Å²) in [6.45, 7) is 0.734. The summed E-state index contributed by atoms with van der Waals surface area (Å²) in [4.78, 5) is 20.5. The first-order chi connectivity index (χ1) is 13.7. The standard InChI is InChI=1S/C19H24FN5O2S/c20-14-11-13(5-3-4-10-26)12-23-17(14)21-8-9-22-18(27)25-19-24-15-6-1-2-7-16(15)28-19/h1-2,6-7,12,14,26H,3-5,8-11H2,(H,21,23)(H2,22,24,25,27). The van der Waals surface area contributed by atoms with Gasteiger partial charge in [-0.1, -0.05) is 29.0 Å². The number of aliphatic hydroxyl groups excluding tert-OH is 1. The molecule has 0 spiro atoms. The van der Waals surface area contributed by atoms with Crippen molar-refractivity contribution in [3.05, 3.63) is 36.0 Å². The number of amidine groups is 1. The number of rotatable bonds is 8. The van der Waals surface area contributed by atoms with Gasteiger partial charge in [-0.2, -0.15) is 0 Å². The normalized spacial score (nSPS) is 18.0. The second-order valence-corrected chi connectivity index (χ2v) is 7.46.